The molecule has 0 saturated heterocycles. The quantitative estimate of drug-likeness (QED) is 0.570. The average molecular weight is 357 g/mol. The van der Waals surface area contributed by atoms with Crippen LogP contribution in [0.15, 0.2) is 77.3 Å². The summed E-state index contributed by atoms with van der Waals surface area (Å²) in [6, 6.07) is 22.8. The highest BCUT2D eigenvalue weighted by atomic mass is 79.9. The van der Waals surface area contributed by atoms with Gasteiger partial charge in [0.2, 0.25) is 0 Å². The van der Waals surface area contributed by atoms with Crippen molar-refractivity contribution in [3.8, 4) is 16.9 Å². The van der Waals surface area contributed by atoms with Gasteiger partial charge in [-0.25, -0.2) is 4.39 Å². The van der Waals surface area contributed by atoms with Crippen LogP contribution >= 0.6 is 15.9 Å². The maximum atomic E-state index is 13.7. The second-order valence-electron chi connectivity index (χ2n) is 4.93. The topological polar surface area (TPSA) is 9.23 Å². The third-order valence-electron chi connectivity index (χ3n) is 3.34. The second-order valence-corrected chi connectivity index (χ2v) is 5.79. The lowest BCUT2D eigenvalue weighted by atomic mass is 10.1. The highest BCUT2D eigenvalue weighted by Crippen LogP contribution is 2.27. The van der Waals surface area contributed by atoms with E-state index in [4.69, 9.17) is 4.74 Å². The summed E-state index contributed by atoms with van der Waals surface area (Å²) < 4.78 is 19.9. The molecule has 3 aromatic carbocycles. The Bertz CT molecular complexity index is 771. The first-order valence-electron chi connectivity index (χ1n) is 6.94. The molecule has 0 spiro atoms. The van der Waals surface area contributed by atoms with Gasteiger partial charge in [0.15, 0.2) is 0 Å². The van der Waals surface area contributed by atoms with E-state index in [1.807, 2.05) is 60.7 Å². The van der Waals surface area contributed by atoms with Crippen molar-refractivity contribution in [3.63, 3.8) is 0 Å². The smallest absolute Gasteiger partial charge is 0.137 e. The van der Waals surface area contributed by atoms with Gasteiger partial charge in [-0.1, -0.05) is 48.5 Å². The van der Waals surface area contributed by atoms with E-state index in [1.165, 1.54) is 6.07 Å². The van der Waals surface area contributed by atoms with Crippen molar-refractivity contribution in [2.75, 3.05) is 0 Å². The molecule has 0 aliphatic carbocycles. The normalized spacial score (nSPS) is 10.5. The van der Waals surface area contributed by atoms with Crippen LogP contribution in [0.3, 0.4) is 0 Å². The molecule has 0 amide bonds. The van der Waals surface area contributed by atoms with Gasteiger partial charge in [-0.2, -0.15) is 0 Å². The molecule has 0 aliphatic rings. The summed E-state index contributed by atoms with van der Waals surface area (Å²) in [5, 5.41) is 0. The van der Waals surface area contributed by atoms with Crippen molar-refractivity contribution < 1.29 is 9.13 Å². The van der Waals surface area contributed by atoms with Crippen molar-refractivity contribution in [1.82, 2.24) is 0 Å². The van der Waals surface area contributed by atoms with Gasteiger partial charge >= 0.3 is 0 Å². The lowest BCUT2D eigenvalue weighted by molar-refractivity contribution is 0.306. The van der Waals surface area contributed by atoms with Gasteiger partial charge in [0.25, 0.3) is 0 Å². The molecule has 0 heterocycles. The Kier molecular flexibility index (Phi) is 4.54. The number of benzene rings is 3. The molecule has 0 N–H and O–H groups in total. The summed E-state index contributed by atoms with van der Waals surface area (Å²) in [7, 11) is 0. The molecule has 0 aliphatic heterocycles. The van der Waals surface area contributed by atoms with Gasteiger partial charge in [0.1, 0.15) is 18.2 Å². The summed E-state index contributed by atoms with van der Waals surface area (Å²) in [5.41, 5.74) is 2.87. The Labute approximate surface area is 137 Å². The van der Waals surface area contributed by atoms with E-state index in [-0.39, 0.29) is 5.82 Å². The number of hydrogen-bond acceptors (Lipinski definition) is 1. The van der Waals surface area contributed by atoms with Gasteiger partial charge in [0.05, 0.1) is 4.47 Å². The predicted octanol–water partition coefficient (Wildman–Crippen LogP) is 5.83. The Hall–Kier alpha value is -2.13. The number of ether oxygens (including phenoxy) is 1. The summed E-state index contributed by atoms with van der Waals surface area (Å²) in [4.78, 5) is 0. The van der Waals surface area contributed by atoms with Crippen molar-refractivity contribution in [1.29, 1.82) is 0 Å². The highest BCUT2D eigenvalue weighted by molar-refractivity contribution is 9.10. The standard InChI is InChI=1S/C19H14BrFO/c20-18-10-9-16(12-19(18)21)15-7-4-8-17(11-15)22-13-14-5-2-1-3-6-14/h1-12H,13H2. The molecule has 3 rings (SSSR count). The molecule has 22 heavy (non-hydrogen) atoms. The summed E-state index contributed by atoms with van der Waals surface area (Å²) in [5.74, 6) is 0.498. The Morgan fingerprint density at radius 2 is 1.59 bits per heavy atom. The fourth-order valence-corrected chi connectivity index (χ4v) is 2.43. The molecular formula is C19H14BrFO. The fourth-order valence-electron chi connectivity index (χ4n) is 2.18. The predicted molar refractivity (Wildman–Crippen MR) is 90.3 cm³/mol. The van der Waals surface area contributed by atoms with E-state index < -0.39 is 0 Å². The molecule has 0 fully saturated rings. The Morgan fingerprint density at radius 3 is 2.36 bits per heavy atom. The third-order valence-corrected chi connectivity index (χ3v) is 3.98. The van der Waals surface area contributed by atoms with E-state index in [0.717, 1.165) is 22.4 Å². The number of hydrogen-bond donors (Lipinski definition) is 0. The van der Waals surface area contributed by atoms with Crippen LogP contribution in [0.5, 0.6) is 5.75 Å². The lowest BCUT2D eigenvalue weighted by Gasteiger charge is -2.09. The van der Waals surface area contributed by atoms with Crippen LogP contribution in [0, 0.1) is 5.82 Å². The molecule has 3 heteroatoms. The molecule has 0 aromatic heterocycles. The monoisotopic (exact) mass is 356 g/mol. The second kappa shape index (κ2) is 6.75. The minimum atomic E-state index is -0.270. The summed E-state index contributed by atoms with van der Waals surface area (Å²) in [6.45, 7) is 0.513. The van der Waals surface area contributed by atoms with Gasteiger partial charge in [-0.05, 0) is 56.9 Å². The van der Waals surface area contributed by atoms with Crippen LogP contribution in [-0.4, -0.2) is 0 Å². The van der Waals surface area contributed by atoms with E-state index in [1.54, 1.807) is 6.07 Å². The molecule has 0 unspecified atom stereocenters. The van der Waals surface area contributed by atoms with Crippen LogP contribution in [-0.2, 0) is 6.61 Å². The molecule has 0 bridgehead atoms. The van der Waals surface area contributed by atoms with Gasteiger partial charge in [-0.15, -0.1) is 0 Å². The van der Waals surface area contributed by atoms with E-state index in [9.17, 15) is 4.39 Å². The summed E-state index contributed by atoms with van der Waals surface area (Å²) >= 11 is 3.17. The average Bonchev–Trinajstić information content (AvgIpc) is 2.57. The van der Waals surface area contributed by atoms with Crippen LogP contribution in [0.2, 0.25) is 0 Å². The fraction of sp³-hybridized carbons (Fsp3) is 0.0526. The molecule has 0 atom stereocenters. The first kappa shape index (κ1) is 14.8. The van der Waals surface area contributed by atoms with Crippen LogP contribution < -0.4 is 4.74 Å². The zero-order chi connectivity index (χ0) is 15.4. The van der Waals surface area contributed by atoms with Gasteiger partial charge < -0.3 is 4.74 Å². The Morgan fingerprint density at radius 1 is 0.818 bits per heavy atom. The van der Waals surface area contributed by atoms with E-state index in [2.05, 4.69) is 15.9 Å². The third kappa shape index (κ3) is 3.55. The van der Waals surface area contributed by atoms with E-state index >= 15 is 0 Å². The van der Waals surface area contributed by atoms with E-state index in [0.29, 0.717) is 11.1 Å². The SMILES string of the molecule is Fc1cc(-c2cccc(OCc3ccccc3)c2)ccc1Br. The molecule has 3 aromatic rings. The molecule has 1 nitrogen and oxygen atoms in total. The highest BCUT2D eigenvalue weighted by Gasteiger charge is 2.04. The van der Waals surface area contributed by atoms with Crippen LogP contribution in [0.25, 0.3) is 11.1 Å². The van der Waals surface area contributed by atoms with Gasteiger partial charge in [-0.3, -0.25) is 0 Å². The zero-order valence-electron chi connectivity index (χ0n) is 11.8. The largest absolute Gasteiger partial charge is 0.489 e. The minimum Gasteiger partial charge on any atom is -0.489 e. The first-order valence-corrected chi connectivity index (χ1v) is 7.74. The zero-order valence-corrected chi connectivity index (χ0v) is 13.4. The lowest BCUT2D eigenvalue weighted by Crippen LogP contribution is -1.95. The number of rotatable bonds is 4. The van der Waals surface area contributed by atoms with Crippen molar-refractivity contribution in [3.05, 3.63) is 88.6 Å². The molecule has 0 radical (unpaired) electrons. The number of halogens is 2. The molecular weight excluding hydrogens is 343 g/mol. The van der Waals surface area contributed by atoms with Gasteiger partial charge in [0, 0.05) is 0 Å². The summed E-state index contributed by atoms with van der Waals surface area (Å²) in [6.07, 6.45) is 0. The Balaban J connectivity index is 1.79. The maximum Gasteiger partial charge on any atom is 0.137 e. The minimum absolute atomic E-state index is 0.270. The molecule has 110 valence electrons. The van der Waals surface area contributed by atoms with Crippen LogP contribution in [0.4, 0.5) is 4.39 Å². The first-order chi connectivity index (χ1) is 10.7. The van der Waals surface area contributed by atoms with Crippen LogP contribution in [0.1, 0.15) is 5.56 Å². The van der Waals surface area contributed by atoms with Crippen molar-refractivity contribution in [2.24, 2.45) is 0 Å². The maximum absolute atomic E-state index is 13.7. The van der Waals surface area contributed by atoms with Crippen molar-refractivity contribution in [2.45, 2.75) is 6.61 Å². The molecule has 0 saturated carbocycles. The van der Waals surface area contributed by atoms with Crippen molar-refractivity contribution >= 4 is 15.9 Å².